The molecule has 1 aromatic heterocycles. The van der Waals surface area contributed by atoms with Gasteiger partial charge in [0.05, 0.1) is 0 Å². The van der Waals surface area contributed by atoms with Gasteiger partial charge in [0.25, 0.3) is 0 Å². The lowest BCUT2D eigenvalue weighted by atomic mass is 10.2. The number of carboxylic acid groups (broad SMARTS) is 1. The van der Waals surface area contributed by atoms with Gasteiger partial charge < -0.3 is 10.4 Å². The number of hydrogen-bond acceptors (Lipinski definition) is 3. The van der Waals surface area contributed by atoms with Gasteiger partial charge in [-0.15, -0.1) is 0 Å². The lowest BCUT2D eigenvalue weighted by Gasteiger charge is -2.09. The molecule has 2 rings (SSSR count). The quantitative estimate of drug-likeness (QED) is 0.508. The van der Waals surface area contributed by atoms with Crippen molar-refractivity contribution in [1.29, 1.82) is 0 Å². The second-order valence-electron chi connectivity index (χ2n) is 4.20. The van der Waals surface area contributed by atoms with Crippen molar-refractivity contribution in [1.82, 2.24) is 9.78 Å². The van der Waals surface area contributed by atoms with E-state index in [9.17, 15) is 31.5 Å². The minimum atomic E-state index is -2.35. The Hall–Kier alpha value is -2.98. The molecule has 0 unspecified atom stereocenters. The number of carboxylic acids is 1. The first-order valence-corrected chi connectivity index (χ1v) is 5.80. The van der Waals surface area contributed by atoms with Gasteiger partial charge in [-0.1, -0.05) is 0 Å². The van der Waals surface area contributed by atoms with Crippen LogP contribution in [0.1, 0.15) is 10.5 Å². The molecule has 0 saturated carbocycles. The summed E-state index contributed by atoms with van der Waals surface area (Å²) in [5.41, 5.74) is -1.90. The number of hydrogen-bond donors (Lipinski definition) is 2. The largest absolute Gasteiger partial charge is 0.476 e. The molecule has 0 aliphatic heterocycles. The highest BCUT2D eigenvalue weighted by Gasteiger charge is 2.26. The summed E-state index contributed by atoms with van der Waals surface area (Å²) >= 11 is 0. The second kappa shape index (κ2) is 6.02. The molecule has 0 aliphatic rings. The highest BCUT2D eigenvalue weighted by Crippen LogP contribution is 2.27. The Morgan fingerprint density at radius 3 is 2.04 bits per heavy atom. The third-order valence-electron chi connectivity index (χ3n) is 2.64. The molecule has 0 saturated heterocycles. The zero-order valence-electron chi connectivity index (χ0n) is 10.9. The number of rotatable bonds is 4. The molecule has 11 heteroatoms. The maximum Gasteiger partial charge on any atom is 0.356 e. The van der Waals surface area contributed by atoms with Crippen molar-refractivity contribution in [2.45, 2.75) is 6.54 Å². The van der Waals surface area contributed by atoms with Crippen LogP contribution in [0.5, 0.6) is 0 Å². The van der Waals surface area contributed by atoms with Crippen LogP contribution in [0.4, 0.5) is 27.6 Å². The van der Waals surface area contributed by atoms with Crippen LogP contribution in [0.3, 0.4) is 0 Å². The van der Waals surface area contributed by atoms with Crippen molar-refractivity contribution in [3.8, 4) is 0 Å². The summed E-state index contributed by atoms with van der Waals surface area (Å²) in [6.45, 7) is -0.702. The summed E-state index contributed by atoms with van der Waals surface area (Å²) in [4.78, 5) is 22.2. The van der Waals surface area contributed by atoms with E-state index in [1.807, 2.05) is 0 Å². The molecule has 0 atom stereocenters. The minimum Gasteiger partial charge on any atom is -0.476 e. The molecule has 122 valence electrons. The third kappa shape index (κ3) is 3.12. The van der Waals surface area contributed by atoms with Crippen LogP contribution in [0.2, 0.25) is 0 Å². The van der Waals surface area contributed by atoms with Crippen molar-refractivity contribution in [3.63, 3.8) is 0 Å². The van der Waals surface area contributed by atoms with E-state index in [2.05, 4.69) is 5.10 Å². The fourth-order valence-electron chi connectivity index (χ4n) is 1.60. The third-order valence-corrected chi connectivity index (χ3v) is 2.64. The number of carbonyl (C=O) groups excluding carboxylic acids is 1. The number of benzene rings is 1. The summed E-state index contributed by atoms with van der Waals surface area (Å²) < 4.78 is 66.4. The number of nitrogens with zero attached hydrogens (tertiary/aromatic N) is 2. The van der Waals surface area contributed by atoms with Crippen molar-refractivity contribution in [3.05, 3.63) is 47.0 Å². The number of aromatic carboxylic acids is 1. The smallest absolute Gasteiger partial charge is 0.356 e. The van der Waals surface area contributed by atoms with Gasteiger partial charge in [0.15, 0.2) is 29.0 Å². The van der Waals surface area contributed by atoms with E-state index >= 15 is 0 Å². The van der Waals surface area contributed by atoms with Gasteiger partial charge in [-0.05, 0) is 6.07 Å². The first-order valence-electron chi connectivity index (χ1n) is 5.80. The summed E-state index contributed by atoms with van der Waals surface area (Å²) in [6, 6.07) is 1.05. The van der Waals surface area contributed by atoms with Gasteiger partial charge >= 0.3 is 5.97 Å². The highest BCUT2D eigenvalue weighted by atomic mass is 19.2. The van der Waals surface area contributed by atoms with Crippen LogP contribution in [0, 0.1) is 29.1 Å². The molecule has 1 amide bonds. The maximum atomic E-state index is 13.4. The standard InChI is InChI=1S/C12H6F5N3O3/c13-6-7(14)9(16)11(10(17)8(6)15)18-5(21)3-20-2-1-4(19-20)12(22)23/h1-2H,3H2,(H,18,21)(H,22,23). The molecule has 0 fully saturated rings. The van der Waals surface area contributed by atoms with Gasteiger partial charge in [-0.3, -0.25) is 9.48 Å². The minimum absolute atomic E-state index is 0.394. The van der Waals surface area contributed by atoms with Gasteiger partial charge in [0, 0.05) is 6.20 Å². The van der Waals surface area contributed by atoms with E-state index in [0.717, 1.165) is 16.9 Å². The molecule has 0 radical (unpaired) electrons. The van der Waals surface area contributed by atoms with Gasteiger partial charge in [0.1, 0.15) is 12.2 Å². The zero-order valence-corrected chi connectivity index (χ0v) is 10.9. The molecule has 2 aromatic rings. The average Bonchev–Trinajstić information content (AvgIpc) is 2.96. The predicted octanol–water partition coefficient (Wildman–Crippen LogP) is 1.92. The van der Waals surface area contributed by atoms with Crippen LogP contribution in [0.15, 0.2) is 12.3 Å². The Kier molecular flexibility index (Phi) is 4.29. The molecule has 6 nitrogen and oxygen atoms in total. The summed E-state index contributed by atoms with van der Waals surface area (Å²) in [5, 5.41) is 13.6. The molecule has 0 spiro atoms. The van der Waals surface area contributed by atoms with Crippen molar-refractivity contribution >= 4 is 17.6 Å². The Balaban J connectivity index is 2.22. The number of carbonyl (C=O) groups is 2. The SMILES string of the molecule is O=C(Cn1ccc(C(=O)O)n1)Nc1c(F)c(F)c(F)c(F)c1F. The van der Waals surface area contributed by atoms with Crippen LogP contribution in [-0.2, 0) is 11.3 Å². The first-order chi connectivity index (χ1) is 10.7. The maximum absolute atomic E-state index is 13.4. The zero-order chi connectivity index (χ0) is 17.3. The Morgan fingerprint density at radius 1 is 1.04 bits per heavy atom. The topological polar surface area (TPSA) is 84.2 Å². The van der Waals surface area contributed by atoms with E-state index in [4.69, 9.17) is 5.11 Å². The number of amides is 1. The fourth-order valence-corrected chi connectivity index (χ4v) is 1.60. The van der Waals surface area contributed by atoms with E-state index < -0.39 is 58.9 Å². The molecule has 1 heterocycles. The number of nitrogens with one attached hydrogen (secondary N) is 1. The molecular formula is C12H6F5N3O3. The monoisotopic (exact) mass is 335 g/mol. The molecule has 2 N–H and O–H groups in total. The van der Waals surface area contributed by atoms with Crippen LogP contribution >= 0.6 is 0 Å². The highest BCUT2D eigenvalue weighted by molar-refractivity contribution is 5.91. The normalized spacial score (nSPS) is 10.7. The molecule has 1 aromatic carbocycles. The Bertz CT molecular complexity index is 776. The summed E-state index contributed by atoms with van der Waals surface area (Å²) in [7, 11) is 0. The molecule has 23 heavy (non-hydrogen) atoms. The van der Waals surface area contributed by atoms with Crippen molar-refractivity contribution in [2.24, 2.45) is 0 Å². The number of halogens is 5. The predicted molar refractivity (Wildman–Crippen MR) is 64.0 cm³/mol. The van der Waals surface area contributed by atoms with Crippen molar-refractivity contribution in [2.75, 3.05) is 5.32 Å². The van der Waals surface area contributed by atoms with Gasteiger partial charge in [-0.2, -0.15) is 5.10 Å². The first kappa shape index (κ1) is 16.4. The fraction of sp³-hybridized carbons (Fsp3) is 0.0833. The lowest BCUT2D eigenvalue weighted by Crippen LogP contribution is -2.22. The van der Waals surface area contributed by atoms with E-state index in [1.165, 1.54) is 5.32 Å². The molecular weight excluding hydrogens is 329 g/mol. The Labute approximate surface area is 124 Å². The lowest BCUT2D eigenvalue weighted by molar-refractivity contribution is -0.117. The molecule has 0 aliphatic carbocycles. The summed E-state index contributed by atoms with van der Waals surface area (Å²) in [5.74, 6) is -13.7. The van der Waals surface area contributed by atoms with Gasteiger partial charge in [0.2, 0.25) is 11.7 Å². The van der Waals surface area contributed by atoms with E-state index in [-0.39, 0.29) is 0 Å². The second-order valence-corrected chi connectivity index (χ2v) is 4.20. The van der Waals surface area contributed by atoms with Crippen LogP contribution in [-0.4, -0.2) is 26.8 Å². The van der Waals surface area contributed by atoms with Gasteiger partial charge in [-0.25, -0.2) is 26.7 Å². The van der Waals surface area contributed by atoms with E-state index in [1.54, 1.807) is 0 Å². The van der Waals surface area contributed by atoms with Crippen molar-refractivity contribution < 1.29 is 36.6 Å². The van der Waals surface area contributed by atoms with Crippen LogP contribution in [0.25, 0.3) is 0 Å². The number of aromatic nitrogens is 2. The summed E-state index contributed by atoms with van der Waals surface area (Å²) in [6.07, 6.45) is 1.08. The van der Waals surface area contributed by atoms with E-state index in [0.29, 0.717) is 0 Å². The average molecular weight is 335 g/mol. The Morgan fingerprint density at radius 2 is 1.57 bits per heavy atom. The number of anilines is 1. The van der Waals surface area contributed by atoms with Crippen LogP contribution < -0.4 is 5.32 Å². The molecule has 0 bridgehead atoms.